The molecule has 0 bridgehead atoms. The van der Waals surface area contributed by atoms with E-state index >= 15 is 0 Å². The predicted octanol–water partition coefficient (Wildman–Crippen LogP) is 5.02. The van der Waals surface area contributed by atoms with Crippen LogP contribution in [-0.4, -0.2) is 16.1 Å². The molecule has 4 heteroatoms. The number of thiophene rings is 1. The topological polar surface area (TPSA) is 50.2 Å². The van der Waals surface area contributed by atoms with Gasteiger partial charge < -0.3 is 5.11 Å². The van der Waals surface area contributed by atoms with Crippen LogP contribution in [0, 0.1) is 12.8 Å². The zero-order valence-corrected chi connectivity index (χ0v) is 15.3. The third kappa shape index (κ3) is 2.85. The van der Waals surface area contributed by atoms with Crippen LogP contribution in [0.2, 0.25) is 0 Å². The first-order valence-electron chi connectivity index (χ1n) is 8.75. The first-order chi connectivity index (χ1) is 12.0. The lowest BCUT2D eigenvalue weighted by Crippen LogP contribution is -2.10. The van der Waals surface area contributed by atoms with Gasteiger partial charge in [0.25, 0.3) is 0 Å². The predicted molar refractivity (Wildman–Crippen MR) is 102 cm³/mol. The number of fused-ring (bicyclic) bond motifs is 3. The number of aryl methyl sites for hydroxylation is 2. The number of aliphatic carboxylic acids is 1. The molecular formula is C21H21NO2S. The molecule has 1 unspecified atom stereocenters. The Kier molecular flexibility index (Phi) is 4.08. The minimum absolute atomic E-state index is 0.0139. The molecule has 3 aromatic rings. The molecule has 3 nitrogen and oxygen atoms in total. The van der Waals surface area contributed by atoms with E-state index in [0.29, 0.717) is 5.92 Å². The zero-order chi connectivity index (χ0) is 17.6. The molecule has 0 fully saturated rings. The van der Waals surface area contributed by atoms with Crippen LogP contribution in [0.25, 0.3) is 21.3 Å². The van der Waals surface area contributed by atoms with Gasteiger partial charge in [0.2, 0.25) is 0 Å². The molecule has 0 radical (unpaired) electrons. The Hall–Kier alpha value is -2.20. The third-order valence-corrected chi connectivity index (χ3v) is 6.29. The number of hydrogen-bond donors (Lipinski definition) is 1. The van der Waals surface area contributed by atoms with Gasteiger partial charge in [-0.25, -0.2) is 4.98 Å². The average Bonchev–Trinajstić information content (AvgIpc) is 2.92. The van der Waals surface area contributed by atoms with Crippen LogP contribution < -0.4 is 0 Å². The van der Waals surface area contributed by atoms with Gasteiger partial charge in [-0.15, -0.1) is 11.3 Å². The minimum atomic E-state index is -0.806. The van der Waals surface area contributed by atoms with Crippen LogP contribution in [0.1, 0.15) is 35.0 Å². The summed E-state index contributed by atoms with van der Waals surface area (Å²) < 4.78 is 0. The number of carbonyl (C=O) groups is 1. The quantitative estimate of drug-likeness (QED) is 0.720. The number of hydrogen-bond acceptors (Lipinski definition) is 3. The maximum absolute atomic E-state index is 11.5. The lowest BCUT2D eigenvalue weighted by atomic mass is 9.85. The van der Waals surface area contributed by atoms with Crippen molar-refractivity contribution in [2.24, 2.45) is 5.92 Å². The smallest absolute Gasteiger partial charge is 0.307 e. The molecule has 0 spiro atoms. The maximum atomic E-state index is 11.5. The normalized spacial score (nSPS) is 16.8. The average molecular weight is 351 g/mol. The third-order valence-electron chi connectivity index (χ3n) is 5.14. The van der Waals surface area contributed by atoms with Crippen molar-refractivity contribution in [2.45, 2.75) is 39.5 Å². The summed E-state index contributed by atoms with van der Waals surface area (Å²) in [5.41, 5.74) is 5.26. The van der Waals surface area contributed by atoms with Gasteiger partial charge in [0.05, 0.1) is 6.42 Å². The number of rotatable bonds is 3. The molecule has 25 heavy (non-hydrogen) atoms. The monoisotopic (exact) mass is 351 g/mol. The van der Waals surface area contributed by atoms with Crippen molar-refractivity contribution in [2.75, 3.05) is 0 Å². The summed E-state index contributed by atoms with van der Waals surface area (Å²) in [6.07, 6.45) is 3.38. The maximum Gasteiger partial charge on any atom is 0.307 e. The Morgan fingerprint density at radius 3 is 2.80 bits per heavy atom. The molecule has 4 rings (SSSR count). The van der Waals surface area contributed by atoms with Gasteiger partial charge in [0.15, 0.2) is 0 Å². The van der Waals surface area contributed by atoms with Gasteiger partial charge in [-0.3, -0.25) is 4.79 Å². The zero-order valence-electron chi connectivity index (χ0n) is 14.5. The summed E-state index contributed by atoms with van der Waals surface area (Å²) in [7, 11) is 0. The summed E-state index contributed by atoms with van der Waals surface area (Å²) in [6, 6.07) is 10.2. The highest BCUT2D eigenvalue weighted by molar-refractivity contribution is 7.19. The summed E-state index contributed by atoms with van der Waals surface area (Å²) in [5, 5.41) is 10.6. The largest absolute Gasteiger partial charge is 0.481 e. The fraction of sp³-hybridized carbons (Fsp3) is 0.333. The first-order valence-corrected chi connectivity index (χ1v) is 9.57. The molecule has 128 valence electrons. The second-order valence-corrected chi connectivity index (χ2v) is 8.10. The summed E-state index contributed by atoms with van der Waals surface area (Å²) in [5.74, 6) is -0.0977. The van der Waals surface area contributed by atoms with E-state index in [-0.39, 0.29) is 6.42 Å². The van der Waals surface area contributed by atoms with Gasteiger partial charge >= 0.3 is 5.97 Å². The Morgan fingerprint density at radius 2 is 2.08 bits per heavy atom. The first kappa shape index (κ1) is 16.3. The Labute approximate surface area is 151 Å². The standard InChI is InChI=1S/C21H21NO2S/c1-12-8-9-15-17(10-12)25-21-20(15)19(14-6-4-3-5-7-14)16(11-18(23)24)13(2)22-21/h3-7,12H,8-11H2,1-2H3,(H,23,24). The fourth-order valence-electron chi connectivity index (χ4n) is 3.92. The summed E-state index contributed by atoms with van der Waals surface area (Å²) >= 11 is 1.80. The lowest BCUT2D eigenvalue weighted by molar-refractivity contribution is -0.136. The highest BCUT2D eigenvalue weighted by atomic mass is 32.1. The van der Waals surface area contributed by atoms with Crippen molar-refractivity contribution in [3.63, 3.8) is 0 Å². The van der Waals surface area contributed by atoms with Crippen LogP contribution in [-0.2, 0) is 24.1 Å². The Bertz CT molecular complexity index is 959. The van der Waals surface area contributed by atoms with E-state index in [0.717, 1.165) is 40.1 Å². The number of nitrogens with zero attached hydrogens (tertiary/aromatic N) is 1. The van der Waals surface area contributed by atoms with E-state index in [1.54, 1.807) is 11.3 Å². The SMILES string of the molecule is Cc1nc2sc3c(c2c(-c2ccccc2)c1CC(=O)O)CCC(C)C3. The molecule has 1 aliphatic rings. The van der Waals surface area contributed by atoms with Gasteiger partial charge in [-0.1, -0.05) is 37.3 Å². The van der Waals surface area contributed by atoms with Crippen molar-refractivity contribution in [3.8, 4) is 11.1 Å². The fourth-order valence-corrected chi connectivity index (χ4v) is 5.35. The van der Waals surface area contributed by atoms with Crippen LogP contribution >= 0.6 is 11.3 Å². The van der Waals surface area contributed by atoms with E-state index < -0.39 is 5.97 Å². The molecule has 2 aromatic heterocycles. The van der Waals surface area contributed by atoms with Gasteiger partial charge in [-0.2, -0.15) is 0 Å². The number of carboxylic acids is 1. The minimum Gasteiger partial charge on any atom is -0.481 e. The van der Waals surface area contributed by atoms with E-state index in [1.807, 2.05) is 25.1 Å². The number of benzene rings is 1. The van der Waals surface area contributed by atoms with Crippen molar-refractivity contribution in [1.29, 1.82) is 0 Å². The van der Waals surface area contributed by atoms with E-state index in [1.165, 1.54) is 22.2 Å². The number of aromatic nitrogens is 1. The van der Waals surface area contributed by atoms with Gasteiger partial charge in [0, 0.05) is 16.0 Å². The molecule has 2 heterocycles. The lowest BCUT2D eigenvalue weighted by Gasteiger charge is -2.19. The molecule has 0 amide bonds. The van der Waals surface area contributed by atoms with Gasteiger partial charge in [0.1, 0.15) is 4.83 Å². The molecule has 1 aliphatic carbocycles. The van der Waals surface area contributed by atoms with Crippen molar-refractivity contribution >= 4 is 27.5 Å². The van der Waals surface area contributed by atoms with Crippen LogP contribution in [0.4, 0.5) is 0 Å². The van der Waals surface area contributed by atoms with Crippen LogP contribution in [0.5, 0.6) is 0 Å². The van der Waals surface area contributed by atoms with Crippen molar-refractivity contribution in [3.05, 3.63) is 52.0 Å². The van der Waals surface area contributed by atoms with E-state index in [9.17, 15) is 9.90 Å². The number of pyridine rings is 1. The highest BCUT2D eigenvalue weighted by Crippen LogP contribution is 2.43. The highest BCUT2D eigenvalue weighted by Gasteiger charge is 2.26. The Balaban J connectivity index is 2.07. The molecule has 0 saturated heterocycles. The Morgan fingerprint density at radius 1 is 1.32 bits per heavy atom. The summed E-state index contributed by atoms with van der Waals surface area (Å²) in [4.78, 5) is 18.8. The molecule has 1 N–H and O–H groups in total. The van der Waals surface area contributed by atoms with Crippen LogP contribution in [0.3, 0.4) is 0 Å². The molecule has 1 aromatic carbocycles. The van der Waals surface area contributed by atoms with Gasteiger partial charge in [-0.05, 0) is 54.4 Å². The molecule has 0 saturated carbocycles. The molecular weight excluding hydrogens is 330 g/mol. The van der Waals surface area contributed by atoms with Crippen molar-refractivity contribution in [1.82, 2.24) is 4.98 Å². The molecule has 1 atom stereocenters. The van der Waals surface area contributed by atoms with E-state index in [4.69, 9.17) is 4.98 Å². The second kappa shape index (κ2) is 6.26. The number of carboxylic acid groups (broad SMARTS) is 1. The van der Waals surface area contributed by atoms with E-state index in [2.05, 4.69) is 19.1 Å². The molecule has 0 aliphatic heterocycles. The van der Waals surface area contributed by atoms with Crippen LogP contribution in [0.15, 0.2) is 30.3 Å². The second-order valence-electron chi connectivity index (χ2n) is 7.02. The summed E-state index contributed by atoms with van der Waals surface area (Å²) in [6.45, 7) is 4.24. The van der Waals surface area contributed by atoms with Crippen molar-refractivity contribution < 1.29 is 9.90 Å².